The highest BCUT2D eigenvalue weighted by atomic mass is 79.9. The third-order valence-corrected chi connectivity index (χ3v) is 5.61. The summed E-state index contributed by atoms with van der Waals surface area (Å²) in [7, 11) is 0.751. The number of rotatable bonds is 4. The van der Waals surface area contributed by atoms with Gasteiger partial charge in [-0.25, -0.2) is 0 Å². The predicted octanol–water partition coefficient (Wildman–Crippen LogP) is 5.86. The summed E-state index contributed by atoms with van der Waals surface area (Å²) < 4.78 is 0. The molecule has 0 aliphatic heterocycles. The molecule has 2 heteroatoms. The fourth-order valence-corrected chi connectivity index (χ4v) is 4.36. The Kier molecular flexibility index (Phi) is 5.94. The topological polar surface area (TPSA) is 0 Å². The molecule has 0 radical (unpaired) electrons. The largest absolute Gasteiger partial charge is 0.114 e. The van der Waals surface area contributed by atoms with Crippen LogP contribution in [0.15, 0.2) is 91.0 Å². The Balaban J connectivity index is 0.00000176. The Morgan fingerprint density at radius 2 is 0.818 bits per heavy atom. The van der Waals surface area contributed by atoms with Gasteiger partial charge < -0.3 is 0 Å². The smallest absolute Gasteiger partial charge is 0.0617 e. The highest BCUT2D eigenvalue weighted by Crippen LogP contribution is 2.50. The van der Waals surface area contributed by atoms with Gasteiger partial charge >= 0.3 is 0 Å². The molecule has 0 amide bonds. The summed E-state index contributed by atoms with van der Waals surface area (Å²) in [6.45, 7) is 2.30. The van der Waals surface area contributed by atoms with Crippen LogP contribution in [0.4, 0.5) is 0 Å². The van der Waals surface area contributed by atoms with Crippen LogP contribution in [0.25, 0.3) is 0 Å². The van der Waals surface area contributed by atoms with Crippen LogP contribution in [0.3, 0.4) is 0 Å². The van der Waals surface area contributed by atoms with E-state index in [1.807, 2.05) is 0 Å². The van der Waals surface area contributed by atoms with Gasteiger partial charge in [-0.3, -0.25) is 0 Å². The first kappa shape index (κ1) is 16.9. The van der Waals surface area contributed by atoms with E-state index in [2.05, 4.69) is 97.7 Å². The van der Waals surface area contributed by atoms with E-state index in [0.29, 0.717) is 0 Å². The van der Waals surface area contributed by atoms with Gasteiger partial charge in [0.05, 0.1) is 5.16 Å². The fourth-order valence-electron chi connectivity index (χ4n) is 3.00. The second-order valence-corrected chi connectivity index (χ2v) is 6.35. The molecule has 0 nitrogen and oxygen atoms in total. The number of benzene rings is 3. The molecule has 0 aliphatic rings. The SMILES string of the molecule is Br.CPC(c1ccccc1)(c1ccccc1)c1ccccc1. The van der Waals surface area contributed by atoms with Crippen LogP contribution in [-0.2, 0) is 5.16 Å². The van der Waals surface area contributed by atoms with Gasteiger partial charge in [-0.2, -0.15) is 0 Å². The van der Waals surface area contributed by atoms with Crippen molar-refractivity contribution >= 4 is 25.6 Å². The maximum absolute atomic E-state index is 2.30. The molecule has 0 saturated carbocycles. The molecule has 0 aromatic heterocycles. The third kappa shape index (κ3) is 3.02. The molecule has 3 aromatic rings. The van der Waals surface area contributed by atoms with E-state index in [-0.39, 0.29) is 22.1 Å². The van der Waals surface area contributed by atoms with Crippen LogP contribution in [0.1, 0.15) is 16.7 Å². The van der Waals surface area contributed by atoms with E-state index in [1.54, 1.807) is 0 Å². The van der Waals surface area contributed by atoms with Crippen LogP contribution in [0.2, 0.25) is 0 Å². The van der Waals surface area contributed by atoms with Gasteiger partial charge in [-0.05, 0) is 23.4 Å². The molecule has 0 bridgehead atoms. The van der Waals surface area contributed by atoms with Crippen LogP contribution in [-0.4, -0.2) is 6.66 Å². The van der Waals surface area contributed by atoms with Crippen LogP contribution in [0, 0.1) is 0 Å². The van der Waals surface area contributed by atoms with Gasteiger partial charge in [0, 0.05) is 0 Å². The second-order valence-electron chi connectivity index (χ2n) is 5.10. The Labute approximate surface area is 145 Å². The Morgan fingerprint density at radius 1 is 0.545 bits per heavy atom. The average molecular weight is 371 g/mol. The Morgan fingerprint density at radius 3 is 1.05 bits per heavy atom. The summed E-state index contributed by atoms with van der Waals surface area (Å²) in [5.74, 6) is 0. The third-order valence-electron chi connectivity index (χ3n) is 4.00. The van der Waals surface area contributed by atoms with Crippen molar-refractivity contribution in [3.63, 3.8) is 0 Å². The fraction of sp³-hybridized carbons (Fsp3) is 0.100. The van der Waals surface area contributed by atoms with Gasteiger partial charge in [0.2, 0.25) is 0 Å². The zero-order valence-corrected chi connectivity index (χ0v) is 15.3. The molecule has 0 aliphatic carbocycles. The second kappa shape index (κ2) is 7.72. The maximum Gasteiger partial charge on any atom is 0.0617 e. The van der Waals surface area contributed by atoms with Gasteiger partial charge in [-0.15, -0.1) is 25.6 Å². The minimum absolute atomic E-state index is 0. The van der Waals surface area contributed by atoms with E-state index in [0.717, 1.165) is 8.58 Å². The molecular formula is C20H20BrP. The maximum atomic E-state index is 2.30. The number of hydrogen-bond donors (Lipinski definition) is 0. The van der Waals surface area contributed by atoms with E-state index < -0.39 is 0 Å². The zero-order chi connectivity index (χ0) is 14.5. The van der Waals surface area contributed by atoms with Crippen molar-refractivity contribution in [1.82, 2.24) is 0 Å². The van der Waals surface area contributed by atoms with Crippen molar-refractivity contribution in [2.24, 2.45) is 0 Å². The highest BCUT2D eigenvalue weighted by molar-refractivity contribution is 8.93. The first-order valence-corrected chi connectivity index (χ1v) is 8.73. The van der Waals surface area contributed by atoms with Gasteiger partial charge in [0.15, 0.2) is 0 Å². The summed E-state index contributed by atoms with van der Waals surface area (Å²) in [5, 5.41) is -0.0518. The highest BCUT2D eigenvalue weighted by Gasteiger charge is 2.34. The van der Waals surface area contributed by atoms with Crippen molar-refractivity contribution < 1.29 is 0 Å². The average Bonchev–Trinajstić information content (AvgIpc) is 2.59. The van der Waals surface area contributed by atoms with Gasteiger partial charge in [-0.1, -0.05) is 91.0 Å². The minimum atomic E-state index is -0.0518. The van der Waals surface area contributed by atoms with Gasteiger partial charge in [0.1, 0.15) is 0 Å². The summed E-state index contributed by atoms with van der Waals surface area (Å²) in [6.07, 6.45) is 0. The normalized spacial score (nSPS) is 11.3. The molecule has 0 spiro atoms. The number of hydrogen-bond acceptors (Lipinski definition) is 0. The molecule has 22 heavy (non-hydrogen) atoms. The molecule has 112 valence electrons. The van der Waals surface area contributed by atoms with Crippen molar-refractivity contribution in [2.75, 3.05) is 6.66 Å². The van der Waals surface area contributed by atoms with Crippen LogP contribution in [0.5, 0.6) is 0 Å². The predicted molar refractivity (Wildman–Crippen MR) is 104 cm³/mol. The van der Waals surface area contributed by atoms with Crippen molar-refractivity contribution in [3.8, 4) is 0 Å². The van der Waals surface area contributed by atoms with Crippen LogP contribution >= 0.6 is 25.6 Å². The van der Waals surface area contributed by atoms with Crippen LogP contribution < -0.4 is 0 Å². The molecule has 0 fully saturated rings. The molecule has 0 heterocycles. The number of halogens is 1. The van der Waals surface area contributed by atoms with E-state index in [9.17, 15) is 0 Å². The van der Waals surface area contributed by atoms with E-state index in [1.165, 1.54) is 16.7 Å². The zero-order valence-electron chi connectivity index (χ0n) is 12.6. The standard InChI is InChI=1S/C20H19P.BrH/c1-21-20(17-11-5-2-6-12-17,18-13-7-3-8-14-18)19-15-9-4-10-16-19;/h2-16,21H,1H3;1H. The van der Waals surface area contributed by atoms with E-state index >= 15 is 0 Å². The summed E-state index contributed by atoms with van der Waals surface area (Å²) >= 11 is 0. The monoisotopic (exact) mass is 370 g/mol. The van der Waals surface area contributed by atoms with Crippen molar-refractivity contribution in [3.05, 3.63) is 108 Å². The van der Waals surface area contributed by atoms with Crippen molar-refractivity contribution in [2.45, 2.75) is 5.16 Å². The lowest BCUT2D eigenvalue weighted by atomic mass is 9.84. The molecule has 3 aromatic carbocycles. The lowest BCUT2D eigenvalue weighted by Gasteiger charge is -2.35. The molecule has 0 saturated heterocycles. The van der Waals surface area contributed by atoms with Crippen molar-refractivity contribution in [1.29, 1.82) is 0 Å². The molecule has 1 unspecified atom stereocenters. The molecule has 0 N–H and O–H groups in total. The minimum Gasteiger partial charge on any atom is -0.114 e. The lowest BCUT2D eigenvalue weighted by Crippen LogP contribution is -2.23. The lowest BCUT2D eigenvalue weighted by molar-refractivity contribution is 0.889. The molecule has 3 rings (SSSR count). The van der Waals surface area contributed by atoms with Gasteiger partial charge in [0.25, 0.3) is 0 Å². The summed E-state index contributed by atoms with van der Waals surface area (Å²) in [6, 6.07) is 32.5. The quantitative estimate of drug-likeness (QED) is 0.398. The Hall–Kier alpha value is -1.43. The van der Waals surface area contributed by atoms with E-state index in [4.69, 9.17) is 0 Å². The first-order chi connectivity index (χ1) is 10.4. The Bertz CT molecular complexity index is 584. The first-order valence-electron chi connectivity index (χ1n) is 7.23. The molecule has 1 atom stereocenters. The summed E-state index contributed by atoms with van der Waals surface area (Å²) in [4.78, 5) is 0. The summed E-state index contributed by atoms with van der Waals surface area (Å²) in [5.41, 5.74) is 4.09. The molecular weight excluding hydrogens is 351 g/mol.